The van der Waals surface area contributed by atoms with Crippen LogP contribution in [0, 0.1) is 26.7 Å². The van der Waals surface area contributed by atoms with Gasteiger partial charge in [0, 0.05) is 29.2 Å². The lowest BCUT2D eigenvalue weighted by Gasteiger charge is -2.35. The Hall–Kier alpha value is -2.77. The van der Waals surface area contributed by atoms with Crippen LogP contribution in [0.25, 0.3) is 0 Å². The van der Waals surface area contributed by atoms with E-state index in [1.807, 2.05) is 56.3 Å². The van der Waals surface area contributed by atoms with E-state index in [2.05, 4.69) is 13.8 Å². The molecule has 0 radical (unpaired) electrons. The van der Waals surface area contributed by atoms with E-state index in [0.717, 1.165) is 10.4 Å². The van der Waals surface area contributed by atoms with E-state index in [4.69, 9.17) is 10.7 Å². The quantitative estimate of drug-likeness (QED) is 0.558. The zero-order valence-corrected chi connectivity index (χ0v) is 20.3. The number of thiophene rings is 1. The van der Waals surface area contributed by atoms with Gasteiger partial charge in [0.15, 0.2) is 0 Å². The summed E-state index contributed by atoms with van der Waals surface area (Å²) in [6.07, 6.45) is 0. The molecule has 0 fully saturated rings. The van der Waals surface area contributed by atoms with Crippen molar-refractivity contribution in [2.75, 3.05) is 13.1 Å². The summed E-state index contributed by atoms with van der Waals surface area (Å²) in [6, 6.07) is 13.3. The maximum Gasteiger partial charge on any atom is 0.264 e. The molecular weight excluding hydrogens is 420 g/mol. The van der Waals surface area contributed by atoms with Gasteiger partial charge in [0.05, 0.1) is 17.5 Å². The number of nitrogens with zero attached hydrogens (tertiary/aromatic N) is 3. The standard InChI is InChI=1S/C25H32N4O2S/c1-16(2)22(28(14-13-26)25(31)21-12-11-17(3)32-21)23-27-19(5)18(4)24(30)29(23)15-20-9-7-6-8-10-20/h6-12,16,22H,13-15,26H2,1-5H3. The second kappa shape index (κ2) is 10.2. The predicted molar refractivity (Wildman–Crippen MR) is 130 cm³/mol. The third kappa shape index (κ3) is 5.00. The molecule has 1 unspecified atom stereocenters. The third-order valence-corrected chi connectivity index (χ3v) is 6.65. The van der Waals surface area contributed by atoms with Gasteiger partial charge in [-0.05, 0) is 44.4 Å². The molecule has 0 bridgehead atoms. The average Bonchev–Trinajstić information content (AvgIpc) is 3.20. The number of benzene rings is 1. The zero-order valence-electron chi connectivity index (χ0n) is 19.5. The molecule has 3 rings (SSSR count). The summed E-state index contributed by atoms with van der Waals surface area (Å²) < 4.78 is 1.72. The maximum atomic E-state index is 13.5. The molecule has 0 aliphatic rings. The van der Waals surface area contributed by atoms with Gasteiger partial charge in [-0.1, -0.05) is 44.2 Å². The Bertz CT molecular complexity index is 1130. The first-order valence-electron chi connectivity index (χ1n) is 10.9. The van der Waals surface area contributed by atoms with Gasteiger partial charge in [0.25, 0.3) is 11.5 Å². The van der Waals surface area contributed by atoms with Crippen molar-refractivity contribution < 1.29 is 4.79 Å². The van der Waals surface area contributed by atoms with Crippen LogP contribution in [0.1, 0.15) is 57.1 Å². The SMILES string of the molecule is Cc1ccc(C(=O)N(CCN)C(c2nc(C)c(C)c(=O)n2Cc2ccccc2)C(C)C)s1. The summed E-state index contributed by atoms with van der Waals surface area (Å²) in [5.74, 6) is 0.556. The van der Waals surface area contributed by atoms with Crippen LogP contribution in [0.15, 0.2) is 47.3 Å². The van der Waals surface area contributed by atoms with Gasteiger partial charge >= 0.3 is 0 Å². The average molecular weight is 453 g/mol. The number of nitrogens with two attached hydrogens (primary N) is 1. The van der Waals surface area contributed by atoms with Crippen molar-refractivity contribution in [3.05, 3.63) is 85.2 Å². The zero-order chi connectivity index (χ0) is 23.4. The van der Waals surface area contributed by atoms with Crippen molar-refractivity contribution in [1.29, 1.82) is 0 Å². The first kappa shape index (κ1) is 23.9. The van der Waals surface area contributed by atoms with E-state index >= 15 is 0 Å². The molecule has 2 aromatic heterocycles. The minimum absolute atomic E-state index is 0.0302. The van der Waals surface area contributed by atoms with Gasteiger partial charge in [-0.15, -0.1) is 11.3 Å². The van der Waals surface area contributed by atoms with E-state index in [1.165, 1.54) is 11.3 Å². The summed E-state index contributed by atoms with van der Waals surface area (Å²) in [5, 5.41) is 0. The highest BCUT2D eigenvalue weighted by atomic mass is 32.1. The molecule has 0 aliphatic carbocycles. The summed E-state index contributed by atoms with van der Waals surface area (Å²) in [4.78, 5) is 35.3. The number of carbonyl (C=O) groups is 1. The smallest absolute Gasteiger partial charge is 0.264 e. The molecule has 1 amide bonds. The number of aryl methyl sites for hydroxylation is 2. The molecule has 32 heavy (non-hydrogen) atoms. The Morgan fingerprint density at radius 2 is 1.81 bits per heavy atom. The maximum absolute atomic E-state index is 13.5. The molecule has 0 saturated heterocycles. The lowest BCUT2D eigenvalue weighted by Crippen LogP contribution is -2.43. The van der Waals surface area contributed by atoms with Gasteiger partial charge in [0.1, 0.15) is 5.82 Å². The first-order chi connectivity index (χ1) is 15.2. The molecule has 2 N–H and O–H groups in total. The molecule has 1 aromatic carbocycles. The first-order valence-corrected chi connectivity index (χ1v) is 11.8. The van der Waals surface area contributed by atoms with Crippen LogP contribution in [0.4, 0.5) is 0 Å². The van der Waals surface area contributed by atoms with Crippen molar-refractivity contribution in [1.82, 2.24) is 14.5 Å². The van der Waals surface area contributed by atoms with Crippen molar-refractivity contribution in [3.8, 4) is 0 Å². The lowest BCUT2D eigenvalue weighted by atomic mass is 9.99. The van der Waals surface area contributed by atoms with Gasteiger partial charge in [0.2, 0.25) is 0 Å². The molecule has 6 nitrogen and oxygen atoms in total. The van der Waals surface area contributed by atoms with Gasteiger partial charge in [-0.2, -0.15) is 0 Å². The normalized spacial score (nSPS) is 12.2. The molecule has 0 saturated carbocycles. The fourth-order valence-corrected chi connectivity index (χ4v) is 4.74. The van der Waals surface area contributed by atoms with Gasteiger partial charge in [-0.3, -0.25) is 14.2 Å². The molecule has 0 spiro atoms. The highest BCUT2D eigenvalue weighted by Crippen LogP contribution is 2.30. The fraction of sp³-hybridized carbons (Fsp3) is 0.400. The second-order valence-electron chi connectivity index (χ2n) is 8.44. The van der Waals surface area contributed by atoms with Crippen molar-refractivity contribution >= 4 is 17.2 Å². The van der Waals surface area contributed by atoms with Crippen molar-refractivity contribution in [2.45, 2.75) is 47.2 Å². The number of carbonyl (C=O) groups excluding carboxylic acids is 1. The Morgan fingerprint density at radius 1 is 1.12 bits per heavy atom. The Kier molecular flexibility index (Phi) is 7.64. The monoisotopic (exact) mass is 452 g/mol. The number of rotatable bonds is 8. The summed E-state index contributed by atoms with van der Waals surface area (Å²) >= 11 is 1.47. The van der Waals surface area contributed by atoms with Crippen molar-refractivity contribution in [2.24, 2.45) is 11.7 Å². The third-order valence-electron chi connectivity index (χ3n) is 5.66. The van der Waals surface area contributed by atoms with Crippen LogP contribution in [-0.2, 0) is 6.54 Å². The molecule has 2 heterocycles. The Labute approximate surface area is 193 Å². The number of amides is 1. The highest BCUT2D eigenvalue weighted by molar-refractivity contribution is 7.13. The number of hydrogen-bond acceptors (Lipinski definition) is 5. The van der Waals surface area contributed by atoms with Crippen LogP contribution in [0.2, 0.25) is 0 Å². The van der Waals surface area contributed by atoms with E-state index in [9.17, 15) is 9.59 Å². The van der Waals surface area contributed by atoms with E-state index in [0.29, 0.717) is 41.6 Å². The minimum Gasteiger partial charge on any atom is -0.329 e. The predicted octanol–water partition coefficient (Wildman–Crippen LogP) is 4.08. The molecule has 7 heteroatoms. The topological polar surface area (TPSA) is 81.2 Å². The number of aromatic nitrogens is 2. The Morgan fingerprint density at radius 3 is 2.38 bits per heavy atom. The van der Waals surface area contributed by atoms with Gasteiger partial charge < -0.3 is 10.6 Å². The summed E-state index contributed by atoms with van der Waals surface area (Å²) in [7, 11) is 0. The van der Waals surface area contributed by atoms with Gasteiger partial charge in [-0.25, -0.2) is 4.98 Å². The fourth-order valence-electron chi connectivity index (χ4n) is 3.92. The molecular formula is C25H32N4O2S. The van der Waals surface area contributed by atoms with E-state index in [1.54, 1.807) is 16.4 Å². The largest absolute Gasteiger partial charge is 0.329 e. The molecule has 170 valence electrons. The highest BCUT2D eigenvalue weighted by Gasteiger charge is 2.33. The van der Waals surface area contributed by atoms with Crippen LogP contribution >= 0.6 is 11.3 Å². The minimum atomic E-state index is -0.385. The van der Waals surface area contributed by atoms with Crippen molar-refractivity contribution in [3.63, 3.8) is 0 Å². The van der Waals surface area contributed by atoms with E-state index in [-0.39, 0.29) is 23.4 Å². The molecule has 3 aromatic rings. The lowest BCUT2D eigenvalue weighted by molar-refractivity contribution is 0.0616. The van der Waals surface area contributed by atoms with Crippen LogP contribution < -0.4 is 11.3 Å². The summed E-state index contributed by atoms with van der Waals surface area (Å²) in [5.41, 5.74) is 8.18. The number of hydrogen-bond donors (Lipinski definition) is 1. The summed E-state index contributed by atoms with van der Waals surface area (Å²) in [6.45, 7) is 10.8. The van der Waals surface area contributed by atoms with E-state index < -0.39 is 0 Å². The molecule has 0 aliphatic heterocycles. The van der Waals surface area contributed by atoms with Crippen LogP contribution in [-0.4, -0.2) is 33.4 Å². The Balaban J connectivity index is 2.17. The van der Waals surface area contributed by atoms with Crippen LogP contribution in [0.3, 0.4) is 0 Å². The second-order valence-corrected chi connectivity index (χ2v) is 9.73. The molecule has 1 atom stereocenters. The van der Waals surface area contributed by atoms with Crippen LogP contribution in [0.5, 0.6) is 0 Å².